The van der Waals surface area contributed by atoms with E-state index in [2.05, 4.69) is 76.0 Å². The quantitative estimate of drug-likeness (QED) is 0.0165. The number of hydrogen-bond donors (Lipinski definition) is 5. The molecule has 5 atom stereocenters. The molecule has 0 saturated heterocycles. The van der Waals surface area contributed by atoms with Crippen molar-refractivity contribution in [1.82, 2.24) is 0 Å². The fourth-order valence-electron chi connectivity index (χ4n) is 7.08. The highest BCUT2D eigenvalue weighted by Crippen LogP contribution is 2.45. The summed E-state index contributed by atoms with van der Waals surface area (Å²) in [6.07, 6.45) is 48.1. The van der Waals surface area contributed by atoms with E-state index in [1.54, 1.807) is 0 Å². The normalized spacial score (nSPS) is 15.2. The van der Waals surface area contributed by atoms with E-state index in [0.29, 0.717) is 12.8 Å². The third-order valence-corrected chi connectivity index (χ3v) is 13.2. The number of unbranched alkanes of at least 4 members (excludes halogenated alkanes) is 24. The largest absolute Gasteiger partial charge is 0.472 e. The van der Waals surface area contributed by atoms with E-state index in [1.807, 2.05) is 0 Å². The molecule has 70 heavy (non-hydrogen) atoms. The van der Waals surface area contributed by atoms with Crippen molar-refractivity contribution < 1.29 is 71.4 Å². The maximum atomic E-state index is 12.2. The number of hydrogen-bond acceptors (Lipinski definition) is 13. The van der Waals surface area contributed by atoms with Crippen molar-refractivity contribution >= 4 is 27.6 Å². The first-order valence-electron chi connectivity index (χ1n) is 27.0. The molecule has 0 spiro atoms. The van der Waals surface area contributed by atoms with Gasteiger partial charge >= 0.3 is 27.6 Å². The number of aliphatic hydroxyl groups is 3. The monoisotopic (exact) mass is 1040 g/mol. The zero-order valence-corrected chi connectivity index (χ0v) is 45.2. The maximum Gasteiger partial charge on any atom is 0.472 e. The minimum atomic E-state index is -4.80. The number of phosphoric ester groups is 2. The minimum Gasteiger partial charge on any atom is -0.463 e. The molecule has 0 aromatic rings. The van der Waals surface area contributed by atoms with Gasteiger partial charge in [0.05, 0.1) is 26.4 Å². The van der Waals surface area contributed by atoms with Crippen LogP contribution in [0.25, 0.3) is 0 Å². The van der Waals surface area contributed by atoms with Gasteiger partial charge < -0.3 is 34.6 Å². The van der Waals surface area contributed by atoms with Crippen LogP contribution in [-0.2, 0) is 46.3 Å². The molecule has 0 aromatic carbocycles. The fourth-order valence-corrected chi connectivity index (χ4v) is 8.67. The van der Waals surface area contributed by atoms with Gasteiger partial charge in [-0.2, -0.15) is 0 Å². The van der Waals surface area contributed by atoms with Crippen LogP contribution in [0.3, 0.4) is 0 Å². The van der Waals surface area contributed by atoms with Crippen molar-refractivity contribution in [3.05, 3.63) is 48.6 Å². The Morgan fingerprint density at radius 2 is 0.614 bits per heavy atom. The Balaban J connectivity index is 3.87. The molecule has 0 aliphatic rings. The highest BCUT2D eigenvalue weighted by atomic mass is 31.2. The van der Waals surface area contributed by atoms with Crippen LogP contribution in [0.5, 0.6) is 0 Å². The van der Waals surface area contributed by atoms with Crippen molar-refractivity contribution in [1.29, 1.82) is 0 Å². The standard InChI is InChI=1S/C53H98O15P2/c1-3-5-7-9-11-13-15-17-19-21-23-25-27-29-31-33-35-37-39-41-52(57)63-43-49(54)45-65-69(59,60)67-47-51(56)48-68-70(61,62)66-46-50(55)44-64-53(58)42-40-38-36-34-32-30-28-26-24-22-20-18-16-14-12-10-8-6-4-2/h11,13,17,19,23,25,29,31,49-51,54-56H,3-10,12,14-16,18,20-22,24,26-28,30,32-48H2,1-2H3,(H,59,60)(H,61,62)/b13-11-,19-17-,25-23-,31-29-. The Hall–Kier alpha value is -2.00. The van der Waals surface area contributed by atoms with E-state index in [4.69, 9.17) is 14.0 Å². The van der Waals surface area contributed by atoms with Crippen LogP contribution in [0.2, 0.25) is 0 Å². The molecule has 17 heteroatoms. The SMILES string of the molecule is CCCCC/C=C\C/C=C\C/C=C\C/C=C\CCCCCC(=O)OCC(O)COP(=O)(O)OCC(O)COP(=O)(O)OCC(O)COC(=O)CCCCCCCCCCCCCCCCCCCCC. The zero-order chi connectivity index (χ0) is 51.7. The average molecular weight is 1040 g/mol. The van der Waals surface area contributed by atoms with Gasteiger partial charge in [-0.15, -0.1) is 0 Å². The van der Waals surface area contributed by atoms with Gasteiger partial charge in [-0.3, -0.25) is 27.7 Å². The van der Waals surface area contributed by atoms with E-state index in [1.165, 1.54) is 116 Å². The number of phosphoric acid groups is 2. The molecule has 0 aliphatic heterocycles. The number of allylic oxidation sites excluding steroid dienone is 8. The van der Waals surface area contributed by atoms with Gasteiger partial charge in [0.2, 0.25) is 0 Å². The Morgan fingerprint density at radius 3 is 0.943 bits per heavy atom. The van der Waals surface area contributed by atoms with Gasteiger partial charge in [-0.05, 0) is 57.8 Å². The lowest BCUT2D eigenvalue weighted by Gasteiger charge is -2.19. The number of ether oxygens (including phenoxy) is 2. The molecule has 5 unspecified atom stereocenters. The second-order valence-corrected chi connectivity index (χ2v) is 21.2. The Labute approximate surface area is 423 Å². The van der Waals surface area contributed by atoms with E-state index in [-0.39, 0.29) is 12.8 Å². The maximum absolute atomic E-state index is 12.2. The topological polar surface area (TPSA) is 225 Å². The van der Waals surface area contributed by atoms with Gasteiger partial charge in [-0.1, -0.05) is 197 Å². The van der Waals surface area contributed by atoms with E-state index in [9.17, 15) is 43.8 Å². The highest BCUT2D eigenvalue weighted by Gasteiger charge is 2.28. The summed E-state index contributed by atoms with van der Waals surface area (Å²) >= 11 is 0. The van der Waals surface area contributed by atoms with Crippen LogP contribution >= 0.6 is 15.6 Å². The third-order valence-electron chi connectivity index (χ3n) is 11.3. The summed E-state index contributed by atoms with van der Waals surface area (Å²) in [5.41, 5.74) is 0. The van der Waals surface area contributed by atoms with Crippen molar-refractivity contribution in [2.24, 2.45) is 0 Å². The van der Waals surface area contributed by atoms with E-state index >= 15 is 0 Å². The molecule has 0 saturated carbocycles. The second-order valence-electron chi connectivity index (χ2n) is 18.2. The fraction of sp³-hybridized carbons (Fsp3) is 0.811. The summed E-state index contributed by atoms with van der Waals surface area (Å²) in [7, 11) is -9.59. The molecule has 410 valence electrons. The van der Waals surface area contributed by atoms with Gasteiger partial charge in [0.1, 0.15) is 31.5 Å². The second kappa shape index (κ2) is 49.2. The summed E-state index contributed by atoms with van der Waals surface area (Å²) < 4.78 is 53.1. The van der Waals surface area contributed by atoms with Crippen LogP contribution in [0.15, 0.2) is 48.6 Å². The predicted molar refractivity (Wildman–Crippen MR) is 279 cm³/mol. The van der Waals surface area contributed by atoms with Crippen LogP contribution in [-0.4, -0.2) is 95.0 Å². The van der Waals surface area contributed by atoms with Crippen molar-refractivity contribution in [2.75, 3.05) is 39.6 Å². The first-order valence-corrected chi connectivity index (χ1v) is 30.0. The summed E-state index contributed by atoms with van der Waals surface area (Å²) in [6.45, 7) is 0.391. The van der Waals surface area contributed by atoms with Crippen LogP contribution < -0.4 is 0 Å². The summed E-state index contributed by atoms with van der Waals surface area (Å²) in [5, 5.41) is 30.1. The first kappa shape index (κ1) is 68.0. The molecule has 0 amide bonds. The molecule has 0 fully saturated rings. The average Bonchev–Trinajstić information content (AvgIpc) is 3.34. The zero-order valence-electron chi connectivity index (χ0n) is 43.4. The smallest absolute Gasteiger partial charge is 0.463 e. The van der Waals surface area contributed by atoms with Crippen molar-refractivity contribution in [3.8, 4) is 0 Å². The van der Waals surface area contributed by atoms with Crippen molar-refractivity contribution in [3.63, 3.8) is 0 Å². The number of esters is 2. The Kier molecular flexibility index (Phi) is 47.8. The molecule has 15 nitrogen and oxygen atoms in total. The number of aliphatic hydroxyl groups excluding tert-OH is 3. The molecule has 0 aromatic heterocycles. The summed E-state index contributed by atoms with van der Waals surface area (Å²) in [6, 6.07) is 0. The van der Waals surface area contributed by atoms with Crippen molar-refractivity contribution in [2.45, 2.75) is 238 Å². The van der Waals surface area contributed by atoms with E-state index < -0.39 is 85.5 Å². The lowest BCUT2D eigenvalue weighted by atomic mass is 10.0. The Morgan fingerprint density at radius 1 is 0.371 bits per heavy atom. The molecular formula is C53H98O15P2. The molecule has 0 bridgehead atoms. The molecule has 5 N–H and O–H groups in total. The predicted octanol–water partition coefficient (Wildman–Crippen LogP) is 13.2. The molecule has 0 rings (SSSR count). The molecule has 0 radical (unpaired) electrons. The summed E-state index contributed by atoms with van der Waals surface area (Å²) in [5.74, 6) is -1.02. The Bertz CT molecular complexity index is 1440. The first-order chi connectivity index (χ1) is 33.8. The minimum absolute atomic E-state index is 0.158. The highest BCUT2D eigenvalue weighted by molar-refractivity contribution is 7.47. The van der Waals surface area contributed by atoms with Crippen LogP contribution in [0.1, 0.15) is 219 Å². The number of carbonyl (C=O) groups excluding carboxylic acids is 2. The van der Waals surface area contributed by atoms with E-state index in [0.717, 1.165) is 64.2 Å². The van der Waals surface area contributed by atoms with Crippen LogP contribution in [0.4, 0.5) is 0 Å². The molecule has 0 heterocycles. The van der Waals surface area contributed by atoms with Gasteiger partial charge in [0.15, 0.2) is 0 Å². The molecule has 0 aliphatic carbocycles. The number of rotatable bonds is 52. The van der Waals surface area contributed by atoms with Gasteiger partial charge in [0.25, 0.3) is 0 Å². The summed E-state index contributed by atoms with van der Waals surface area (Å²) in [4.78, 5) is 43.9. The number of carbonyl (C=O) groups is 2. The lowest BCUT2D eigenvalue weighted by molar-refractivity contribution is -0.148. The van der Waals surface area contributed by atoms with Crippen LogP contribution in [0, 0.1) is 0 Å². The van der Waals surface area contributed by atoms with Gasteiger partial charge in [-0.25, -0.2) is 9.13 Å². The molecular weight excluding hydrogens is 939 g/mol. The third kappa shape index (κ3) is 50.9. The lowest BCUT2D eigenvalue weighted by Crippen LogP contribution is -2.25. The van der Waals surface area contributed by atoms with Gasteiger partial charge in [0, 0.05) is 12.8 Å².